The number of carbonyl (C=O) groups is 1. The monoisotopic (exact) mass is 232 g/mol. The highest BCUT2D eigenvalue weighted by Gasteiger charge is 2.50. The van der Waals surface area contributed by atoms with E-state index in [-0.39, 0.29) is 17.9 Å². The van der Waals surface area contributed by atoms with Crippen molar-refractivity contribution in [1.29, 1.82) is 5.26 Å². The molecule has 0 radical (unpaired) electrons. The minimum atomic E-state index is -0.348. The molecule has 0 spiro atoms. The van der Waals surface area contributed by atoms with Crippen LogP contribution in [0.5, 0.6) is 0 Å². The molecule has 0 heterocycles. The molecule has 1 atom stereocenters. The summed E-state index contributed by atoms with van der Waals surface area (Å²) < 4.78 is 0. The molecule has 4 rings (SSSR count). The summed E-state index contributed by atoms with van der Waals surface area (Å²) >= 11 is 0. The van der Waals surface area contributed by atoms with E-state index in [1.54, 1.807) is 6.92 Å². The molecule has 0 aromatic rings. The lowest BCUT2D eigenvalue weighted by molar-refractivity contribution is -0.138. The number of hydrogen-bond donors (Lipinski definition) is 1. The predicted molar refractivity (Wildman–Crippen MR) is 63.8 cm³/mol. The van der Waals surface area contributed by atoms with E-state index in [0.29, 0.717) is 11.8 Å². The largest absolute Gasteiger partial charge is 0.340 e. The Balaban J connectivity index is 1.72. The molecule has 0 aliphatic heterocycles. The molecule has 3 nitrogen and oxygen atoms in total. The summed E-state index contributed by atoms with van der Waals surface area (Å²) in [5.74, 6) is 3.37. The second kappa shape index (κ2) is 4.01. The SMILES string of the molecule is CC(C#N)NC(=O)C1C2CC3CC(C2)CC1C3. The molecular formula is C14H20N2O. The highest BCUT2D eigenvalue weighted by molar-refractivity contribution is 5.80. The second-order valence-corrected chi connectivity index (χ2v) is 6.32. The van der Waals surface area contributed by atoms with E-state index in [4.69, 9.17) is 5.26 Å². The Labute approximate surface area is 103 Å². The predicted octanol–water partition coefficient (Wildman–Crippen LogP) is 2.09. The third kappa shape index (κ3) is 1.84. The fourth-order valence-corrected chi connectivity index (χ4v) is 4.70. The first-order valence-electron chi connectivity index (χ1n) is 6.87. The van der Waals surface area contributed by atoms with Crippen LogP contribution in [0, 0.1) is 40.9 Å². The molecule has 3 heteroatoms. The molecule has 4 aliphatic carbocycles. The van der Waals surface area contributed by atoms with Crippen LogP contribution in [0.2, 0.25) is 0 Å². The molecule has 17 heavy (non-hydrogen) atoms. The van der Waals surface area contributed by atoms with Crippen LogP contribution in [0.3, 0.4) is 0 Å². The topological polar surface area (TPSA) is 52.9 Å². The lowest BCUT2D eigenvalue weighted by Gasteiger charge is -2.53. The van der Waals surface area contributed by atoms with Crippen LogP contribution in [0.25, 0.3) is 0 Å². The number of carbonyl (C=O) groups excluding carboxylic acids is 1. The second-order valence-electron chi connectivity index (χ2n) is 6.32. The summed E-state index contributed by atoms with van der Waals surface area (Å²) in [5.41, 5.74) is 0. The first-order chi connectivity index (χ1) is 8.17. The lowest BCUT2D eigenvalue weighted by Crippen LogP contribution is -2.52. The first-order valence-corrected chi connectivity index (χ1v) is 6.87. The average molecular weight is 232 g/mol. The van der Waals surface area contributed by atoms with Crippen molar-refractivity contribution >= 4 is 5.91 Å². The van der Waals surface area contributed by atoms with Crippen LogP contribution in [0.1, 0.15) is 39.0 Å². The van der Waals surface area contributed by atoms with Crippen molar-refractivity contribution in [3.8, 4) is 6.07 Å². The van der Waals surface area contributed by atoms with Crippen LogP contribution in [0.15, 0.2) is 0 Å². The van der Waals surface area contributed by atoms with Gasteiger partial charge in [-0.05, 0) is 62.7 Å². The third-order valence-corrected chi connectivity index (χ3v) is 5.08. The number of nitriles is 1. The number of nitrogens with one attached hydrogen (secondary N) is 1. The third-order valence-electron chi connectivity index (χ3n) is 5.08. The van der Waals surface area contributed by atoms with Crippen molar-refractivity contribution in [3.05, 3.63) is 0 Å². The van der Waals surface area contributed by atoms with Crippen molar-refractivity contribution in [3.63, 3.8) is 0 Å². The van der Waals surface area contributed by atoms with E-state index in [9.17, 15) is 4.79 Å². The van der Waals surface area contributed by atoms with Gasteiger partial charge in [-0.3, -0.25) is 4.79 Å². The Kier molecular flexibility index (Phi) is 2.61. The van der Waals surface area contributed by atoms with Crippen molar-refractivity contribution in [2.24, 2.45) is 29.6 Å². The van der Waals surface area contributed by atoms with Crippen molar-refractivity contribution in [1.82, 2.24) is 5.32 Å². The summed E-state index contributed by atoms with van der Waals surface area (Å²) in [4.78, 5) is 12.2. The molecule has 1 amide bonds. The number of amides is 1. The normalized spacial score (nSPS) is 44.1. The van der Waals surface area contributed by atoms with Crippen molar-refractivity contribution in [2.45, 2.75) is 45.1 Å². The van der Waals surface area contributed by atoms with Crippen LogP contribution in [0.4, 0.5) is 0 Å². The number of nitrogens with zero attached hydrogens (tertiary/aromatic N) is 1. The summed E-state index contributed by atoms with van der Waals surface area (Å²) in [5, 5.41) is 11.6. The van der Waals surface area contributed by atoms with Gasteiger partial charge in [0.1, 0.15) is 6.04 Å². The quantitative estimate of drug-likeness (QED) is 0.792. The van der Waals surface area contributed by atoms with Gasteiger partial charge >= 0.3 is 0 Å². The standard InChI is InChI=1S/C14H20N2O/c1-8(7-15)16-14(17)13-11-3-9-2-10(5-11)6-12(13)4-9/h8-13H,2-6H2,1H3,(H,16,17). The summed E-state index contributed by atoms with van der Waals surface area (Å²) in [6.45, 7) is 1.76. The highest BCUT2D eigenvalue weighted by Crippen LogP contribution is 2.56. The molecule has 4 saturated carbocycles. The van der Waals surface area contributed by atoms with E-state index < -0.39 is 0 Å². The maximum absolute atomic E-state index is 12.2. The van der Waals surface area contributed by atoms with E-state index in [1.807, 2.05) is 0 Å². The minimum absolute atomic E-state index is 0.146. The van der Waals surface area contributed by atoms with Gasteiger partial charge in [-0.25, -0.2) is 0 Å². The number of rotatable bonds is 2. The van der Waals surface area contributed by atoms with Crippen LogP contribution < -0.4 is 5.32 Å². The average Bonchev–Trinajstić information content (AvgIpc) is 2.27. The van der Waals surface area contributed by atoms with Crippen LogP contribution >= 0.6 is 0 Å². The Bertz CT molecular complexity index is 343. The summed E-state index contributed by atoms with van der Waals surface area (Å²) in [6, 6.07) is 1.74. The van der Waals surface area contributed by atoms with E-state index in [0.717, 1.165) is 11.8 Å². The van der Waals surface area contributed by atoms with E-state index in [1.165, 1.54) is 32.1 Å². The Morgan fingerprint density at radius 2 is 1.71 bits per heavy atom. The minimum Gasteiger partial charge on any atom is -0.340 e. The van der Waals surface area contributed by atoms with Gasteiger partial charge in [0.25, 0.3) is 0 Å². The van der Waals surface area contributed by atoms with Crippen LogP contribution in [-0.4, -0.2) is 11.9 Å². The van der Waals surface area contributed by atoms with Gasteiger partial charge in [0.2, 0.25) is 5.91 Å². The van der Waals surface area contributed by atoms with Gasteiger partial charge < -0.3 is 5.32 Å². The van der Waals surface area contributed by atoms with Gasteiger partial charge in [-0.15, -0.1) is 0 Å². The van der Waals surface area contributed by atoms with Crippen molar-refractivity contribution < 1.29 is 4.79 Å². The first kappa shape index (κ1) is 11.1. The van der Waals surface area contributed by atoms with E-state index in [2.05, 4.69) is 11.4 Å². The molecular weight excluding hydrogens is 212 g/mol. The Hall–Kier alpha value is -1.04. The van der Waals surface area contributed by atoms with Crippen molar-refractivity contribution in [2.75, 3.05) is 0 Å². The number of hydrogen-bond acceptors (Lipinski definition) is 2. The molecule has 0 aromatic carbocycles. The Morgan fingerprint density at radius 1 is 1.18 bits per heavy atom. The summed E-state index contributed by atoms with van der Waals surface area (Å²) in [7, 11) is 0. The maximum atomic E-state index is 12.2. The molecule has 4 fully saturated rings. The van der Waals surface area contributed by atoms with Crippen LogP contribution in [-0.2, 0) is 4.79 Å². The van der Waals surface area contributed by atoms with Gasteiger partial charge in [-0.2, -0.15) is 5.26 Å². The van der Waals surface area contributed by atoms with E-state index >= 15 is 0 Å². The fourth-order valence-electron chi connectivity index (χ4n) is 4.70. The van der Waals surface area contributed by atoms with Gasteiger partial charge in [0, 0.05) is 5.92 Å². The molecule has 0 aromatic heterocycles. The zero-order chi connectivity index (χ0) is 12.0. The lowest BCUT2D eigenvalue weighted by atomic mass is 9.51. The van der Waals surface area contributed by atoms with Gasteiger partial charge in [0.05, 0.1) is 6.07 Å². The Morgan fingerprint density at radius 3 is 2.18 bits per heavy atom. The molecule has 0 saturated heterocycles. The van der Waals surface area contributed by atoms with Gasteiger partial charge in [-0.1, -0.05) is 0 Å². The zero-order valence-corrected chi connectivity index (χ0v) is 10.4. The molecule has 1 N–H and O–H groups in total. The maximum Gasteiger partial charge on any atom is 0.224 e. The van der Waals surface area contributed by atoms with Gasteiger partial charge in [0.15, 0.2) is 0 Å². The highest BCUT2D eigenvalue weighted by atomic mass is 16.2. The molecule has 1 unspecified atom stereocenters. The zero-order valence-electron chi connectivity index (χ0n) is 10.4. The molecule has 92 valence electrons. The summed E-state index contributed by atoms with van der Waals surface area (Å²) in [6.07, 6.45) is 6.44. The smallest absolute Gasteiger partial charge is 0.224 e. The molecule has 4 bridgehead atoms. The fraction of sp³-hybridized carbons (Fsp3) is 0.857. The molecule has 4 aliphatic rings.